The topological polar surface area (TPSA) is 29.3 Å². The molecule has 0 aromatic heterocycles. The van der Waals surface area contributed by atoms with E-state index in [1.807, 2.05) is 6.92 Å². The molecule has 1 aromatic carbocycles. The van der Waals surface area contributed by atoms with E-state index in [0.29, 0.717) is 12.0 Å². The van der Waals surface area contributed by atoms with Gasteiger partial charge < -0.3 is 10.6 Å². The first-order valence-electron chi connectivity index (χ1n) is 6.99. The zero-order valence-corrected chi connectivity index (χ0v) is 11.6. The third kappa shape index (κ3) is 3.06. The van der Waals surface area contributed by atoms with E-state index in [1.165, 1.54) is 12.1 Å². The molecule has 1 aromatic rings. The largest absolute Gasteiger partial charge is 0.367 e. The molecule has 2 N–H and O–H groups in total. The highest BCUT2D eigenvalue weighted by atomic mass is 19.1. The highest BCUT2D eigenvalue weighted by Gasteiger charge is 2.26. The molecule has 4 heteroatoms. The maximum Gasteiger partial charge on any atom is 0.149 e. The van der Waals surface area contributed by atoms with Crippen molar-refractivity contribution in [1.29, 1.82) is 0 Å². The van der Waals surface area contributed by atoms with Crippen LogP contribution in [0.3, 0.4) is 0 Å². The smallest absolute Gasteiger partial charge is 0.149 e. The Balaban J connectivity index is 2.21. The fraction of sp³-hybridized carbons (Fsp3) is 0.600. The lowest BCUT2D eigenvalue weighted by Crippen LogP contribution is -2.38. The minimum atomic E-state index is -0.479. The summed E-state index contributed by atoms with van der Waals surface area (Å²) in [5.74, 6) is -0.958. The summed E-state index contributed by atoms with van der Waals surface area (Å²) in [6.07, 6.45) is 4.47. The number of nitrogens with two attached hydrogens (primary N) is 1. The van der Waals surface area contributed by atoms with Crippen molar-refractivity contribution in [1.82, 2.24) is 0 Å². The van der Waals surface area contributed by atoms with Crippen LogP contribution in [0.2, 0.25) is 0 Å². The standard InChI is InChI=1S/C15H22F2N2/c1-3-11(18)7-10-8-13(16)15(14(17)9-10)19(2)12-5-4-6-12/h8-9,11-12H,3-7,18H2,1-2H3. The van der Waals surface area contributed by atoms with Gasteiger partial charge in [0.25, 0.3) is 0 Å². The molecule has 0 aliphatic heterocycles. The molecule has 1 unspecified atom stereocenters. The summed E-state index contributed by atoms with van der Waals surface area (Å²) < 4.78 is 28.2. The van der Waals surface area contributed by atoms with E-state index in [2.05, 4.69) is 0 Å². The Labute approximate surface area is 113 Å². The van der Waals surface area contributed by atoms with Crippen LogP contribution in [-0.4, -0.2) is 19.1 Å². The molecule has 0 amide bonds. The van der Waals surface area contributed by atoms with Gasteiger partial charge in [-0.25, -0.2) is 8.78 Å². The number of nitrogens with zero attached hydrogens (tertiary/aromatic N) is 1. The molecule has 0 bridgehead atoms. The summed E-state index contributed by atoms with van der Waals surface area (Å²) in [6.45, 7) is 1.97. The van der Waals surface area contributed by atoms with E-state index in [1.54, 1.807) is 11.9 Å². The van der Waals surface area contributed by atoms with Gasteiger partial charge in [0.15, 0.2) is 0 Å². The van der Waals surface area contributed by atoms with Crippen LogP contribution in [0, 0.1) is 11.6 Å². The zero-order chi connectivity index (χ0) is 14.0. The van der Waals surface area contributed by atoms with Gasteiger partial charge in [0.05, 0.1) is 0 Å². The van der Waals surface area contributed by atoms with E-state index in [-0.39, 0.29) is 17.8 Å². The Hall–Kier alpha value is -1.16. The predicted octanol–water partition coefficient (Wildman–Crippen LogP) is 3.23. The molecule has 0 heterocycles. The molecule has 1 fully saturated rings. The lowest BCUT2D eigenvalue weighted by Gasteiger charge is -2.36. The van der Waals surface area contributed by atoms with E-state index < -0.39 is 11.6 Å². The quantitative estimate of drug-likeness (QED) is 0.888. The van der Waals surface area contributed by atoms with E-state index in [9.17, 15) is 8.78 Å². The molecule has 1 saturated carbocycles. The third-order valence-corrected chi connectivity index (χ3v) is 4.07. The van der Waals surface area contributed by atoms with Crippen molar-refractivity contribution in [3.63, 3.8) is 0 Å². The first-order valence-corrected chi connectivity index (χ1v) is 6.99. The van der Waals surface area contributed by atoms with Crippen LogP contribution in [-0.2, 0) is 6.42 Å². The predicted molar refractivity (Wildman–Crippen MR) is 74.4 cm³/mol. The average Bonchev–Trinajstić information content (AvgIpc) is 2.25. The minimum absolute atomic E-state index is 0.0472. The number of halogens is 2. The van der Waals surface area contributed by atoms with Crippen LogP contribution in [0.1, 0.15) is 38.2 Å². The minimum Gasteiger partial charge on any atom is -0.367 e. The fourth-order valence-corrected chi connectivity index (χ4v) is 2.48. The van der Waals surface area contributed by atoms with Crippen molar-refractivity contribution in [2.24, 2.45) is 5.73 Å². The summed E-state index contributed by atoms with van der Waals surface area (Å²) >= 11 is 0. The van der Waals surface area contributed by atoms with Crippen molar-refractivity contribution < 1.29 is 8.78 Å². The summed E-state index contributed by atoms with van der Waals surface area (Å²) in [7, 11) is 1.77. The molecular formula is C15H22F2N2. The van der Waals surface area contributed by atoms with Crippen molar-refractivity contribution >= 4 is 5.69 Å². The second kappa shape index (κ2) is 5.87. The van der Waals surface area contributed by atoms with Crippen LogP contribution in [0.25, 0.3) is 0 Å². The molecule has 0 spiro atoms. The van der Waals surface area contributed by atoms with E-state index in [0.717, 1.165) is 25.7 Å². The Morgan fingerprint density at radius 2 is 1.89 bits per heavy atom. The molecule has 0 radical (unpaired) electrons. The highest BCUT2D eigenvalue weighted by molar-refractivity contribution is 5.51. The van der Waals surface area contributed by atoms with Crippen molar-refractivity contribution in [3.05, 3.63) is 29.3 Å². The Morgan fingerprint density at radius 3 is 2.32 bits per heavy atom. The van der Waals surface area contributed by atoms with Gasteiger partial charge in [-0.3, -0.25) is 0 Å². The van der Waals surface area contributed by atoms with Crippen LogP contribution < -0.4 is 10.6 Å². The molecule has 106 valence electrons. The maximum atomic E-state index is 14.1. The van der Waals surface area contributed by atoms with Crippen LogP contribution in [0.4, 0.5) is 14.5 Å². The molecule has 2 rings (SSSR count). The Kier molecular flexibility index (Phi) is 4.40. The van der Waals surface area contributed by atoms with Crippen molar-refractivity contribution in [3.8, 4) is 0 Å². The lowest BCUT2D eigenvalue weighted by atomic mass is 9.91. The molecule has 0 saturated heterocycles. The van der Waals surface area contributed by atoms with E-state index >= 15 is 0 Å². The first-order chi connectivity index (χ1) is 9.02. The van der Waals surface area contributed by atoms with Crippen LogP contribution >= 0.6 is 0 Å². The maximum absolute atomic E-state index is 14.1. The van der Waals surface area contributed by atoms with Gasteiger partial charge in [0.1, 0.15) is 17.3 Å². The first kappa shape index (κ1) is 14.3. The normalized spacial score (nSPS) is 17.1. The summed E-state index contributed by atoms with van der Waals surface area (Å²) in [6, 6.07) is 3.06. The summed E-state index contributed by atoms with van der Waals surface area (Å²) in [5.41, 5.74) is 6.56. The van der Waals surface area contributed by atoms with Crippen LogP contribution in [0.15, 0.2) is 12.1 Å². The van der Waals surface area contributed by atoms with Gasteiger partial charge in [0.2, 0.25) is 0 Å². The SMILES string of the molecule is CCC(N)Cc1cc(F)c(N(C)C2CCC2)c(F)c1. The number of anilines is 1. The van der Waals surface area contributed by atoms with Crippen molar-refractivity contribution in [2.45, 2.75) is 51.1 Å². The number of benzene rings is 1. The van der Waals surface area contributed by atoms with Crippen molar-refractivity contribution in [2.75, 3.05) is 11.9 Å². The average molecular weight is 268 g/mol. The van der Waals surface area contributed by atoms with E-state index in [4.69, 9.17) is 5.73 Å². The third-order valence-electron chi connectivity index (χ3n) is 4.07. The monoisotopic (exact) mass is 268 g/mol. The zero-order valence-electron chi connectivity index (χ0n) is 11.6. The van der Waals surface area contributed by atoms with Gasteiger partial charge in [0, 0.05) is 19.1 Å². The Bertz CT molecular complexity index is 421. The fourth-order valence-electron chi connectivity index (χ4n) is 2.48. The second-order valence-electron chi connectivity index (χ2n) is 5.48. The number of hydrogen-bond acceptors (Lipinski definition) is 2. The second-order valence-corrected chi connectivity index (χ2v) is 5.48. The highest BCUT2D eigenvalue weighted by Crippen LogP contribution is 2.32. The molecule has 2 nitrogen and oxygen atoms in total. The molecule has 19 heavy (non-hydrogen) atoms. The van der Waals surface area contributed by atoms with Gasteiger partial charge in [-0.1, -0.05) is 6.92 Å². The van der Waals surface area contributed by atoms with Gasteiger partial charge >= 0.3 is 0 Å². The molecular weight excluding hydrogens is 246 g/mol. The summed E-state index contributed by atoms with van der Waals surface area (Å²) in [5, 5.41) is 0. The molecule has 1 atom stereocenters. The van der Waals surface area contributed by atoms with Gasteiger partial charge in [-0.15, -0.1) is 0 Å². The van der Waals surface area contributed by atoms with Gasteiger partial charge in [-0.2, -0.15) is 0 Å². The summed E-state index contributed by atoms with van der Waals surface area (Å²) in [4.78, 5) is 1.73. The Morgan fingerprint density at radius 1 is 1.32 bits per heavy atom. The van der Waals surface area contributed by atoms with Crippen LogP contribution in [0.5, 0.6) is 0 Å². The number of hydrogen-bond donors (Lipinski definition) is 1. The molecule has 1 aliphatic carbocycles. The van der Waals surface area contributed by atoms with Gasteiger partial charge in [-0.05, 0) is 49.8 Å². The molecule has 1 aliphatic rings. The number of rotatable bonds is 5. The lowest BCUT2D eigenvalue weighted by molar-refractivity contribution is 0.393.